The van der Waals surface area contributed by atoms with E-state index in [1.165, 1.54) is 6.07 Å². The van der Waals surface area contributed by atoms with E-state index in [0.717, 1.165) is 23.4 Å². The quantitative estimate of drug-likeness (QED) is 0.875. The number of nitrogens with one attached hydrogen (secondary N) is 1. The van der Waals surface area contributed by atoms with Gasteiger partial charge in [0.1, 0.15) is 11.6 Å². The minimum absolute atomic E-state index is 0.0180. The van der Waals surface area contributed by atoms with Crippen LogP contribution < -0.4 is 5.32 Å². The Morgan fingerprint density at radius 3 is 2.76 bits per heavy atom. The molecule has 0 aliphatic carbocycles. The van der Waals surface area contributed by atoms with Crippen molar-refractivity contribution < 1.29 is 8.81 Å². The molecule has 1 N–H and O–H groups in total. The zero-order valence-electron chi connectivity index (χ0n) is 10.0. The molecule has 0 aliphatic rings. The largest absolute Gasteiger partial charge is 0.467 e. The van der Waals surface area contributed by atoms with Crippen LogP contribution in [0.2, 0.25) is 0 Å². The van der Waals surface area contributed by atoms with Gasteiger partial charge >= 0.3 is 0 Å². The van der Waals surface area contributed by atoms with Gasteiger partial charge in [0.25, 0.3) is 0 Å². The van der Waals surface area contributed by atoms with Gasteiger partial charge in [0, 0.05) is 0 Å². The van der Waals surface area contributed by atoms with E-state index < -0.39 is 0 Å². The lowest BCUT2D eigenvalue weighted by Crippen LogP contribution is -2.22. The van der Waals surface area contributed by atoms with Crippen molar-refractivity contribution >= 4 is 0 Å². The van der Waals surface area contributed by atoms with Gasteiger partial charge in [0.05, 0.1) is 12.3 Å². The van der Waals surface area contributed by atoms with Crippen LogP contribution in [-0.2, 0) is 0 Å². The predicted molar refractivity (Wildman–Crippen MR) is 65.4 cm³/mol. The van der Waals surface area contributed by atoms with Crippen molar-refractivity contribution in [3.8, 4) is 0 Å². The topological polar surface area (TPSA) is 25.2 Å². The molecule has 0 saturated heterocycles. The smallest absolute Gasteiger partial charge is 0.125 e. The van der Waals surface area contributed by atoms with Crippen LogP contribution in [0.3, 0.4) is 0 Å². The number of hydrogen-bond donors (Lipinski definition) is 1. The van der Waals surface area contributed by atoms with Gasteiger partial charge in [-0.15, -0.1) is 0 Å². The molecular weight excluding hydrogens is 217 g/mol. The Morgan fingerprint density at radius 1 is 1.35 bits per heavy atom. The van der Waals surface area contributed by atoms with E-state index in [0.29, 0.717) is 0 Å². The van der Waals surface area contributed by atoms with E-state index in [4.69, 9.17) is 4.42 Å². The fraction of sp³-hybridized carbons (Fsp3) is 0.286. The fourth-order valence-corrected chi connectivity index (χ4v) is 1.99. The summed E-state index contributed by atoms with van der Waals surface area (Å²) in [4.78, 5) is 0. The zero-order valence-corrected chi connectivity index (χ0v) is 10.0. The van der Waals surface area contributed by atoms with Gasteiger partial charge in [0.2, 0.25) is 0 Å². The highest BCUT2D eigenvalue weighted by Gasteiger charge is 2.17. The molecule has 0 aliphatic heterocycles. The van der Waals surface area contributed by atoms with E-state index in [1.54, 1.807) is 18.4 Å². The number of hydrogen-bond acceptors (Lipinski definition) is 2. The molecule has 17 heavy (non-hydrogen) atoms. The monoisotopic (exact) mass is 233 g/mol. The van der Waals surface area contributed by atoms with Crippen LogP contribution in [0.25, 0.3) is 0 Å². The molecule has 0 fully saturated rings. The molecule has 90 valence electrons. The molecule has 0 amide bonds. The highest BCUT2D eigenvalue weighted by atomic mass is 19.1. The zero-order chi connectivity index (χ0) is 12.3. The minimum Gasteiger partial charge on any atom is -0.467 e. The molecule has 1 unspecified atom stereocenters. The highest BCUT2D eigenvalue weighted by molar-refractivity contribution is 5.34. The van der Waals surface area contributed by atoms with E-state index in [2.05, 4.69) is 5.32 Å². The maximum atomic E-state index is 13.1. The van der Waals surface area contributed by atoms with E-state index in [1.807, 2.05) is 26.0 Å². The molecule has 3 heteroatoms. The molecule has 0 bridgehead atoms. The third-order valence-electron chi connectivity index (χ3n) is 2.78. The SMILES string of the molecule is CCNC(c1ccco1)c1ccc(F)cc1C. The van der Waals surface area contributed by atoms with Crippen LogP contribution in [0.15, 0.2) is 41.0 Å². The number of benzene rings is 1. The first-order valence-corrected chi connectivity index (χ1v) is 5.75. The highest BCUT2D eigenvalue weighted by Crippen LogP contribution is 2.25. The van der Waals surface area contributed by atoms with Crippen LogP contribution in [0.5, 0.6) is 0 Å². The van der Waals surface area contributed by atoms with E-state index in [9.17, 15) is 4.39 Å². The third kappa shape index (κ3) is 2.56. The van der Waals surface area contributed by atoms with Crippen LogP contribution in [0, 0.1) is 12.7 Å². The first-order chi connectivity index (χ1) is 8.22. The second kappa shape index (κ2) is 5.15. The molecule has 2 rings (SSSR count). The van der Waals surface area contributed by atoms with Crippen molar-refractivity contribution in [2.24, 2.45) is 0 Å². The first-order valence-electron chi connectivity index (χ1n) is 5.75. The second-order valence-electron chi connectivity index (χ2n) is 4.01. The maximum Gasteiger partial charge on any atom is 0.125 e. The molecule has 0 spiro atoms. The Balaban J connectivity index is 2.39. The second-order valence-corrected chi connectivity index (χ2v) is 4.01. The van der Waals surface area contributed by atoms with Gasteiger partial charge in [-0.3, -0.25) is 0 Å². The van der Waals surface area contributed by atoms with Gasteiger partial charge in [-0.05, 0) is 48.9 Å². The average Bonchev–Trinajstić information content (AvgIpc) is 2.80. The molecule has 1 aromatic heterocycles. The molecule has 2 aromatic rings. The number of rotatable bonds is 4. The van der Waals surface area contributed by atoms with Crippen LogP contribution in [0.4, 0.5) is 4.39 Å². The number of furan rings is 1. The van der Waals surface area contributed by atoms with Crippen LogP contribution in [-0.4, -0.2) is 6.54 Å². The summed E-state index contributed by atoms with van der Waals surface area (Å²) in [6.45, 7) is 4.77. The normalized spacial score (nSPS) is 12.6. The van der Waals surface area contributed by atoms with Crippen molar-refractivity contribution in [3.05, 3.63) is 59.3 Å². The molecular formula is C14H16FNO. The summed E-state index contributed by atoms with van der Waals surface area (Å²) in [6.07, 6.45) is 1.65. The summed E-state index contributed by atoms with van der Waals surface area (Å²) in [5.74, 6) is 0.641. The van der Waals surface area contributed by atoms with E-state index in [-0.39, 0.29) is 11.9 Å². The van der Waals surface area contributed by atoms with Crippen molar-refractivity contribution in [1.82, 2.24) is 5.32 Å². The van der Waals surface area contributed by atoms with Crippen molar-refractivity contribution in [3.63, 3.8) is 0 Å². The predicted octanol–water partition coefficient (Wildman–Crippen LogP) is 3.43. The fourth-order valence-electron chi connectivity index (χ4n) is 1.99. The molecule has 1 atom stereocenters. The van der Waals surface area contributed by atoms with Gasteiger partial charge in [-0.25, -0.2) is 4.39 Å². The van der Waals surface area contributed by atoms with E-state index >= 15 is 0 Å². The summed E-state index contributed by atoms with van der Waals surface area (Å²) in [7, 11) is 0. The van der Waals surface area contributed by atoms with Gasteiger partial charge in [-0.1, -0.05) is 13.0 Å². The Labute approximate surface area is 100 Å². The minimum atomic E-state index is -0.207. The van der Waals surface area contributed by atoms with Crippen molar-refractivity contribution in [2.75, 3.05) is 6.54 Å². The Kier molecular flexibility index (Phi) is 3.59. The average molecular weight is 233 g/mol. The lowest BCUT2D eigenvalue weighted by Gasteiger charge is -2.18. The molecule has 2 nitrogen and oxygen atoms in total. The van der Waals surface area contributed by atoms with Crippen molar-refractivity contribution in [2.45, 2.75) is 19.9 Å². The van der Waals surface area contributed by atoms with Gasteiger partial charge in [-0.2, -0.15) is 0 Å². The van der Waals surface area contributed by atoms with Crippen molar-refractivity contribution in [1.29, 1.82) is 0 Å². The van der Waals surface area contributed by atoms with Gasteiger partial charge < -0.3 is 9.73 Å². The van der Waals surface area contributed by atoms with Crippen LogP contribution >= 0.6 is 0 Å². The first kappa shape index (κ1) is 11.9. The summed E-state index contributed by atoms with van der Waals surface area (Å²) >= 11 is 0. The number of aryl methyl sites for hydroxylation is 1. The summed E-state index contributed by atoms with van der Waals surface area (Å²) < 4.78 is 18.5. The summed E-state index contributed by atoms with van der Waals surface area (Å²) in [5, 5.41) is 3.35. The lowest BCUT2D eigenvalue weighted by molar-refractivity contribution is 0.451. The third-order valence-corrected chi connectivity index (χ3v) is 2.78. The molecule has 0 radical (unpaired) electrons. The summed E-state index contributed by atoms with van der Waals surface area (Å²) in [5.41, 5.74) is 1.97. The Hall–Kier alpha value is -1.61. The van der Waals surface area contributed by atoms with Gasteiger partial charge in [0.15, 0.2) is 0 Å². The number of halogens is 1. The Bertz CT molecular complexity index is 479. The maximum absolute atomic E-state index is 13.1. The molecule has 1 aromatic carbocycles. The molecule has 1 heterocycles. The lowest BCUT2D eigenvalue weighted by atomic mass is 9.99. The standard InChI is InChI=1S/C14H16FNO/c1-3-16-14(13-5-4-8-17-13)12-7-6-11(15)9-10(12)2/h4-9,14,16H,3H2,1-2H3. The molecule has 0 saturated carbocycles. The Morgan fingerprint density at radius 2 is 2.18 bits per heavy atom. The van der Waals surface area contributed by atoms with Crippen LogP contribution in [0.1, 0.15) is 29.9 Å². The summed E-state index contributed by atoms with van der Waals surface area (Å²) in [6, 6.07) is 8.60.